The van der Waals surface area contributed by atoms with E-state index < -0.39 is 36.2 Å². The van der Waals surface area contributed by atoms with Crippen LogP contribution >= 0.6 is 0 Å². The molecule has 1 fully saturated rings. The Hall–Kier alpha value is -2.98. The highest BCUT2D eigenvalue weighted by molar-refractivity contribution is 6.05. The van der Waals surface area contributed by atoms with Gasteiger partial charge in [-0.25, -0.2) is 4.79 Å². The molecule has 4 rings (SSSR count). The molecule has 36 heavy (non-hydrogen) atoms. The molecule has 0 aliphatic carbocycles. The van der Waals surface area contributed by atoms with Crippen LogP contribution in [0.5, 0.6) is 5.75 Å². The number of carbonyl (C=O) groups excluding carboxylic acids is 2. The highest BCUT2D eigenvalue weighted by Gasteiger charge is 2.43. The van der Waals surface area contributed by atoms with Gasteiger partial charge in [0.05, 0.1) is 6.10 Å². The largest absolute Gasteiger partial charge is 0.466 e. The van der Waals surface area contributed by atoms with E-state index in [0.717, 1.165) is 0 Å². The van der Waals surface area contributed by atoms with Gasteiger partial charge in [-0.3, -0.25) is 4.79 Å². The quantitative estimate of drug-likeness (QED) is 0.285. The molecule has 2 aliphatic rings. The molecule has 0 amide bonds. The van der Waals surface area contributed by atoms with Gasteiger partial charge in [0.1, 0.15) is 35.2 Å². The molecule has 3 heterocycles. The van der Waals surface area contributed by atoms with Crippen LogP contribution in [-0.2, 0) is 18.9 Å². The predicted molar refractivity (Wildman–Crippen MR) is 131 cm³/mol. The molecule has 1 unspecified atom stereocenters. The number of carbonyl (C=O) groups is 2. The van der Waals surface area contributed by atoms with Crippen LogP contribution in [0.25, 0.3) is 17.0 Å². The summed E-state index contributed by atoms with van der Waals surface area (Å²) in [6.45, 7) is 7.16. The fraction of sp³-hybridized carbons (Fsp3) is 0.481. The number of furan rings is 1. The number of hydrogen-bond donors (Lipinski definition) is 1. The number of ether oxygens (including phenoxy) is 5. The van der Waals surface area contributed by atoms with Gasteiger partial charge >= 0.3 is 5.97 Å². The maximum Gasteiger partial charge on any atom is 0.342 e. The number of aldehydes is 1. The zero-order valence-electron chi connectivity index (χ0n) is 21.1. The van der Waals surface area contributed by atoms with Crippen LogP contribution in [0.4, 0.5) is 0 Å². The number of aliphatic hydroxyl groups excluding tert-OH is 1. The van der Waals surface area contributed by atoms with Crippen molar-refractivity contribution >= 4 is 29.3 Å². The van der Waals surface area contributed by atoms with E-state index in [1.165, 1.54) is 7.11 Å². The Morgan fingerprint density at radius 2 is 1.97 bits per heavy atom. The van der Waals surface area contributed by atoms with Crippen LogP contribution < -0.4 is 4.74 Å². The molecule has 9 nitrogen and oxygen atoms in total. The van der Waals surface area contributed by atoms with Crippen LogP contribution in [0.3, 0.4) is 0 Å². The second kappa shape index (κ2) is 10.6. The Morgan fingerprint density at radius 1 is 1.19 bits per heavy atom. The molecule has 1 saturated heterocycles. The van der Waals surface area contributed by atoms with Gasteiger partial charge in [0.25, 0.3) is 0 Å². The van der Waals surface area contributed by atoms with Crippen molar-refractivity contribution in [2.45, 2.75) is 64.3 Å². The van der Waals surface area contributed by atoms with Gasteiger partial charge in [-0.05, 0) is 33.3 Å². The maximum atomic E-state index is 13.5. The van der Waals surface area contributed by atoms with Crippen molar-refractivity contribution < 1.29 is 42.8 Å². The molecule has 194 valence electrons. The molecule has 1 aromatic heterocycles. The van der Waals surface area contributed by atoms with Crippen LogP contribution in [0.2, 0.25) is 0 Å². The number of cyclic esters (lactones) is 1. The number of methoxy groups -OCH3 is 1. The minimum Gasteiger partial charge on any atom is -0.466 e. The van der Waals surface area contributed by atoms with E-state index >= 15 is 0 Å². The third kappa shape index (κ3) is 5.39. The van der Waals surface area contributed by atoms with E-state index in [2.05, 4.69) is 0 Å². The SMILES string of the molecule is COCOc1cc2oc(C=O)cc2c2c1C(=O)O[C@@H](C)[C@H](C)C=CC(O)[C@H]1OC(C)(C)O[C@H]1CC=C2. The molecule has 1 aromatic carbocycles. The second-order valence-electron chi connectivity index (χ2n) is 9.51. The van der Waals surface area contributed by atoms with Gasteiger partial charge in [0.15, 0.2) is 24.6 Å². The van der Waals surface area contributed by atoms with Gasteiger partial charge in [0.2, 0.25) is 0 Å². The van der Waals surface area contributed by atoms with Crippen LogP contribution in [0.1, 0.15) is 60.6 Å². The monoisotopic (exact) mass is 500 g/mol. The second-order valence-corrected chi connectivity index (χ2v) is 9.51. The molecule has 2 aliphatic heterocycles. The fourth-order valence-corrected chi connectivity index (χ4v) is 4.42. The van der Waals surface area contributed by atoms with E-state index in [-0.39, 0.29) is 29.8 Å². The van der Waals surface area contributed by atoms with E-state index in [1.54, 1.807) is 51.1 Å². The normalized spacial score (nSPS) is 28.3. The number of hydrogen-bond acceptors (Lipinski definition) is 9. The smallest absolute Gasteiger partial charge is 0.342 e. The number of esters is 1. The maximum absolute atomic E-state index is 13.5. The lowest BCUT2D eigenvalue weighted by molar-refractivity contribution is -0.152. The number of aliphatic hydroxyl groups is 1. The highest BCUT2D eigenvalue weighted by Crippen LogP contribution is 2.37. The summed E-state index contributed by atoms with van der Waals surface area (Å²) in [6.07, 6.45) is 5.58. The summed E-state index contributed by atoms with van der Waals surface area (Å²) in [7, 11) is 1.47. The van der Waals surface area contributed by atoms with E-state index in [0.29, 0.717) is 29.2 Å². The number of rotatable bonds is 4. The predicted octanol–water partition coefficient (Wildman–Crippen LogP) is 4.26. The van der Waals surface area contributed by atoms with Crippen molar-refractivity contribution in [3.8, 4) is 5.75 Å². The van der Waals surface area contributed by atoms with Crippen molar-refractivity contribution in [1.82, 2.24) is 0 Å². The average molecular weight is 501 g/mol. The summed E-state index contributed by atoms with van der Waals surface area (Å²) in [5, 5.41) is 11.4. The molecule has 1 N–H and O–H groups in total. The third-order valence-electron chi connectivity index (χ3n) is 6.36. The molecule has 0 saturated carbocycles. The first-order chi connectivity index (χ1) is 17.1. The summed E-state index contributed by atoms with van der Waals surface area (Å²) in [6, 6.07) is 3.12. The molecule has 0 bridgehead atoms. The van der Waals surface area contributed by atoms with Crippen LogP contribution in [0, 0.1) is 5.92 Å². The van der Waals surface area contributed by atoms with Crippen molar-refractivity contribution in [3.63, 3.8) is 0 Å². The van der Waals surface area contributed by atoms with Gasteiger partial charge in [-0.1, -0.05) is 31.2 Å². The Kier molecular flexibility index (Phi) is 7.65. The first-order valence-electron chi connectivity index (χ1n) is 11.9. The minimum atomic E-state index is -0.907. The van der Waals surface area contributed by atoms with E-state index in [1.807, 2.05) is 13.0 Å². The molecular weight excluding hydrogens is 468 g/mol. The molecular formula is C27H32O9. The molecule has 9 heteroatoms. The Balaban J connectivity index is 1.87. The topological polar surface area (TPSA) is 114 Å². The van der Waals surface area contributed by atoms with Gasteiger partial charge in [0, 0.05) is 30.0 Å². The summed E-state index contributed by atoms with van der Waals surface area (Å²) in [5.41, 5.74) is 1.04. The lowest BCUT2D eigenvalue weighted by Gasteiger charge is -2.23. The number of benzene rings is 1. The van der Waals surface area contributed by atoms with Crippen molar-refractivity contribution in [2.75, 3.05) is 13.9 Å². The van der Waals surface area contributed by atoms with Gasteiger partial charge < -0.3 is 33.2 Å². The summed E-state index contributed by atoms with van der Waals surface area (Å²) < 4.78 is 34.3. The first-order valence-corrected chi connectivity index (χ1v) is 11.9. The fourth-order valence-electron chi connectivity index (χ4n) is 4.42. The Morgan fingerprint density at radius 3 is 2.69 bits per heavy atom. The zero-order valence-corrected chi connectivity index (χ0v) is 21.1. The van der Waals surface area contributed by atoms with Crippen LogP contribution in [0.15, 0.2) is 34.8 Å². The first kappa shape index (κ1) is 26.1. The molecule has 0 spiro atoms. The lowest BCUT2D eigenvalue weighted by atomic mass is 9.97. The van der Waals surface area contributed by atoms with Crippen molar-refractivity contribution in [2.24, 2.45) is 5.92 Å². The van der Waals surface area contributed by atoms with E-state index in [4.69, 9.17) is 28.1 Å². The number of fused-ring (bicyclic) bond motifs is 4. The van der Waals surface area contributed by atoms with Crippen molar-refractivity contribution in [1.29, 1.82) is 0 Å². The van der Waals surface area contributed by atoms with Gasteiger partial charge in [-0.15, -0.1) is 0 Å². The average Bonchev–Trinajstić information content (AvgIpc) is 3.39. The van der Waals surface area contributed by atoms with Gasteiger partial charge in [-0.2, -0.15) is 0 Å². The van der Waals surface area contributed by atoms with Crippen LogP contribution in [-0.4, -0.2) is 61.5 Å². The summed E-state index contributed by atoms with van der Waals surface area (Å²) >= 11 is 0. The molecule has 0 radical (unpaired) electrons. The Labute approximate surface area is 209 Å². The molecule has 2 aromatic rings. The summed E-state index contributed by atoms with van der Waals surface area (Å²) in [5.74, 6) is -1.34. The lowest BCUT2D eigenvalue weighted by Crippen LogP contribution is -2.34. The Bertz CT molecular complexity index is 1180. The van der Waals surface area contributed by atoms with Crippen molar-refractivity contribution in [3.05, 3.63) is 47.2 Å². The zero-order chi connectivity index (χ0) is 26.0. The third-order valence-corrected chi connectivity index (χ3v) is 6.36. The standard InChI is InChI=1S/C27H32O9/c1-15-9-10-20(29)25-21(35-27(3,4)36-25)8-6-7-18-19-11-17(13-28)34-22(19)12-23(32-14-31-5)24(18)26(30)33-16(15)2/h6-7,9-13,15-16,20-21,25,29H,8,14H2,1-5H3/t15-,16+,20?,21+,25-/m1/s1. The summed E-state index contributed by atoms with van der Waals surface area (Å²) in [4.78, 5) is 24.9. The minimum absolute atomic E-state index is 0.104. The molecule has 5 atom stereocenters. The van der Waals surface area contributed by atoms with E-state index in [9.17, 15) is 14.7 Å². The highest BCUT2D eigenvalue weighted by atomic mass is 16.8.